The Balaban J connectivity index is 1.45. The van der Waals surface area contributed by atoms with Gasteiger partial charge in [0, 0.05) is 28.3 Å². The molecule has 3 aliphatic rings. The van der Waals surface area contributed by atoms with Gasteiger partial charge in [0.1, 0.15) is 5.70 Å². The fraction of sp³-hybridized carbons (Fsp3) is 0.478. The molecule has 3 heterocycles. The number of carboxylic acids is 1. The summed E-state index contributed by atoms with van der Waals surface area (Å²) in [7, 11) is 1.27. The summed E-state index contributed by atoms with van der Waals surface area (Å²) < 4.78 is 4.94. The largest absolute Gasteiger partial charge is 0.478 e. The molecule has 10 nitrogen and oxygen atoms in total. The van der Waals surface area contributed by atoms with Crippen LogP contribution in [0.5, 0.6) is 0 Å². The molecule has 0 radical (unpaired) electrons. The van der Waals surface area contributed by atoms with Gasteiger partial charge in [0.2, 0.25) is 11.8 Å². The third-order valence-electron chi connectivity index (χ3n) is 6.56. The summed E-state index contributed by atoms with van der Waals surface area (Å²) >= 11 is 1.45. The number of fused-ring (bicyclic) bond motifs is 1. The highest BCUT2D eigenvalue weighted by molar-refractivity contribution is 8.03. The van der Waals surface area contributed by atoms with Crippen LogP contribution in [-0.2, 0) is 19.1 Å². The summed E-state index contributed by atoms with van der Waals surface area (Å²) in [5.74, 6) is -2.94. The fourth-order valence-electron chi connectivity index (χ4n) is 4.90. The molecule has 2 amide bonds. The number of aliphatic hydroxyl groups is 1. The number of methoxy groups -OCH3 is 1. The van der Waals surface area contributed by atoms with Gasteiger partial charge in [0.25, 0.3) is 0 Å². The molecule has 0 aromatic heterocycles. The number of ether oxygens (including phenoxy) is 1. The number of aliphatic hydroxyl groups excluding tert-OH is 1. The van der Waals surface area contributed by atoms with Gasteiger partial charge in [-0.15, -0.1) is 11.8 Å². The van der Waals surface area contributed by atoms with Crippen molar-refractivity contribution in [2.75, 3.05) is 19.0 Å². The molecule has 0 bridgehead atoms. The summed E-state index contributed by atoms with van der Waals surface area (Å²) in [5, 5.41) is 25.1. The standard InChI is InChI=1S/C23H27N3O7S/c1-10-17-16(11(2)27)21(29)26(17)18(23(32)33-3)19(10)34-14-8-15(24-9-14)20(28)25-13-6-4-5-12(7-13)22(30)31/h4-7,10-11,14-17,24,27H,8-9H2,1-3H3,(H,25,28)(H,30,31). The highest BCUT2D eigenvalue weighted by Gasteiger charge is 2.60. The highest BCUT2D eigenvalue weighted by Crippen LogP contribution is 2.52. The van der Waals surface area contributed by atoms with E-state index in [0.717, 1.165) is 4.91 Å². The van der Waals surface area contributed by atoms with Crippen LogP contribution < -0.4 is 10.6 Å². The Hall–Kier alpha value is -2.89. The molecule has 0 saturated carbocycles. The van der Waals surface area contributed by atoms with E-state index in [9.17, 15) is 24.3 Å². The van der Waals surface area contributed by atoms with Crippen molar-refractivity contribution in [2.45, 2.75) is 43.7 Å². The second-order valence-electron chi connectivity index (χ2n) is 8.77. The predicted octanol–water partition coefficient (Wildman–Crippen LogP) is 1.03. The minimum atomic E-state index is -1.08. The number of rotatable bonds is 7. The lowest BCUT2D eigenvalue weighted by atomic mass is 9.79. The second-order valence-corrected chi connectivity index (χ2v) is 10.1. The molecular weight excluding hydrogens is 462 g/mol. The zero-order valence-corrected chi connectivity index (χ0v) is 19.8. The first-order valence-corrected chi connectivity index (χ1v) is 11.9. The SMILES string of the molecule is COC(=O)C1=C(SC2CNC(C(=O)Nc3cccc(C(=O)O)c3)C2)C(C)C2C(C(C)O)C(=O)N12. The number of nitrogens with zero attached hydrogens (tertiary/aromatic N) is 1. The zero-order chi connectivity index (χ0) is 24.7. The number of hydrogen-bond donors (Lipinski definition) is 4. The molecule has 3 aliphatic heterocycles. The van der Waals surface area contributed by atoms with Crippen LogP contribution >= 0.6 is 11.8 Å². The van der Waals surface area contributed by atoms with Gasteiger partial charge in [-0.3, -0.25) is 9.59 Å². The van der Waals surface area contributed by atoms with Gasteiger partial charge >= 0.3 is 11.9 Å². The number of amides is 2. The number of hydrogen-bond acceptors (Lipinski definition) is 8. The molecule has 6 atom stereocenters. The van der Waals surface area contributed by atoms with E-state index < -0.39 is 30.0 Å². The van der Waals surface area contributed by atoms with Crippen molar-refractivity contribution in [2.24, 2.45) is 11.8 Å². The molecule has 4 rings (SSSR count). The lowest BCUT2D eigenvalue weighted by molar-refractivity contribution is -0.163. The molecule has 2 fully saturated rings. The number of carbonyl (C=O) groups is 4. The van der Waals surface area contributed by atoms with Crippen LogP contribution in [-0.4, -0.2) is 76.0 Å². The van der Waals surface area contributed by atoms with E-state index in [2.05, 4.69) is 10.6 Å². The molecule has 1 aromatic carbocycles. The Morgan fingerprint density at radius 1 is 1.32 bits per heavy atom. The van der Waals surface area contributed by atoms with E-state index in [1.807, 2.05) is 6.92 Å². The smallest absolute Gasteiger partial charge is 0.355 e. The molecule has 34 heavy (non-hydrogen) atoms. The summed E-state index contributed by atoms with van der Waals surface area (Å²) in [5.41, 5.74) is 0.707. The van der Waals surface area contributed by atoms with Crippen molar-refractivity contribution in [1.82, 2.24) is 10.2 Å². The molecule has 11 heteroatoms. The van der Waals surface area contributed by atoms with Gasteiger partial charge in [-0.25, -0.2) is 9.59 Å². The van der Waals surface area contributed by atoms with Crippen LogP contribution in [0.2, 0.25) is 0 Å². The van der Waals surface area contributed by atoms with Gasteiger partial charge in [0.05, 0.1) is 36.8 Å². The molecule has 1 aromatic rings. The number of β-lactam (4-membered cyclic amide) rings is 1. The molecule has 0 spiro atoms. The molecule has 0 aliphatic carbocycles. The van der Waals surface area contributed by atoms with Crippen molar-refractivity contribution in [3.8, 4) is 0 Å². The summed E-state index contributed by atoms with van der Waals surface area (Å²) in [4.78, 5) is 51.2. The molecular formula is C23H27N3O7S. The Labute approximate surface area is 200 Å². The third-order valence-corrected chi connectivity index (χ3v) is 8.08. The average Bonchev–Trinajstić information content (AvgIpc) is 3.35. The minimum Gasteiger partial charge on any atom is -0.478 e. The van der Waals surface area contributed by atoms with E-state index in [1.165, 1.54) is 35.9 Å². The van der Waals surface area contributed by atoms with Crippen LogP contribution in [0.1, 0.15) is 30.6 Å². The van der Waals surface area contributed by atoms with Crippen LogP contribution in [0.15, 0.2) is 34.9 Å². The van der Waals surface area contributed by atoms with Gasteiger partial charge < -0.3 is 30.5 Å². The Kier molecular flexibility index (Phi) is 6.70. The van der Waals surface area contributed by atoms with E-state index in [4.69, 9.17) is 9.84 Å². The number of benzene rings is 1. The first-order chi connectivity index (χ1) is 16.1. The van der Waals surface area contributed by atoms with Crippen molar-refractivity contribution >= 4 is 41.2 Å². The third kappa shape index (κ3) is 4.19. The van der Waals surface area contributed by atoms with Crippen LogP contribution in [0.4, 0.5) is 5.69 Å². The second kappa shape index (κ2) is 9.40. The van der Waals surface area contributed by atoms with Crippen molar-refractivity contribution < 1.29 is 34.1 Å². The number of thioether (sulfide) groups is 1. The van der Waals surface area contributed by atoms with E-state index in [0.29, 0.717) is 18.7 Å². The van der Waals surface area contributed by atoms with Gasteiger partial charge in [-0.2, -0.15) is 0 Å². The summed E-state index contributed by atoms with van der Waals surface area (Å²) in [6.07, 6.45) is -0.335. The number of carboxylic acid groups (broad SMARTS) is 1. The number of nitrogens with one attached hydrogen (secondary N) is 2. The first kappa shape index (κ1) is 24.2. The Bertz CT molecular complexity index is 1070. The predicted molar refractivity (Wildman–Crippen MR) is 124 cm³/mol. The van der Waals surface area contributed by atoms with Gasteiger partial charge in [-0.1, -0.05) is 13.0 Å². The number of anilines is 1. The topological polar surface area (TPSA) is 145 Å². The monoisotopic (exact) mass is 489 g/mol. The van der Waals surface area contributed by atoms with Gasteiger partial charge in [0.15, 0.2) is 0 Å². The van der Waals surface area contributed by atoms with Crippen molar-refractivity contribution in [3.05, 3.63) is 40.4 Å². The van der Waals surface area contributed by atoms with E-state index in [1.54, 1.807) is 19.1 Å². The van der Waals surface area contributed by atoms with Gasteiger partial charge in [-0.05, 0) is 31.5 Å². The normalized spacial score (nSPS) is 28.9. The van der Waals surface area contributed by atoms with E-state index >= 15 is 0 Å². The van der Waals surface area contributed by atoms with Crippen LogP contribution in [0.25, 0.3) is 0 Å². The molecule has 6 unspecified atom stereocenters. The average molecular weight is 490 g/mol. The van der Waals surface area contributed by atoms with E-state index in [-0.39, 0.29) is 40.3 Å². The fourth-order valence-corrected chi connectivity index (χ4v) is 6.37. The van der Waals surface area contributed by atoms with Crippen LogP contribution in [0.3, 0.4) is 0 Å². The summed E-state index contributed by atoms with van der Waals surface area (Å²) in [6, 6.07) is 5.25. The lowest BCUT2D eigenvalue weighted by Crippen LogP contribution is -2.63. The minimum absolute atomic E-state index is 0.0305. The number of carbonyl (C=O) groups excluding carboxylic acids is 3. The first-order valence-electron chi connectivity index (χ1n) is 11.0. The molecule has 2 saturated heterocycles. The van der Waals surface area contributed by atoms with Crippen molar-refractivity contribution in [3.63, 3.8) is 0 Å². The maximum absolute atomic E-state index is 12.7. The molecule has 4 N–H and O–H groups in total. The zero-order valence-electron chi connectivity index (χ0n) is 19.0. The van der Waals surface area contributed by atoms with Crippen LogP contribution in [0, 0.1) is 11.8 Å². The number of esters is 1. The summed E-state index contributed by atoms with van der Waals surface area (Å²) in [6.45, 7) is 4.02. The lowest BCUT2D eigenvalue weighted by Gasteiger charge is -2.46. The molecule has 182 valence electrons. The van der Waals surface area contributed by atoms with Crippen molar-refractivity contribution in [1.29, 1.82) is 0 Å². The highest BCUT2D eigenvalue weighted by atomic mass is 32.2. The Morgan fingerprint density at radius 2 is 2.06 bits per heavy atom. The maximum atomic E-state index is 12.7. The quantitative estimate of drug-likeness (QED) is 0.326. The number of aromatic carboxylic acids is 1. The Morgan fingerprint density at radius 3 is 2.71 bits per heavy atom. The maximum Gasteiger partial charge on any atom is 0.355 e.